The Kier molecular flexibility index (Phi) is 3.05. The predicted octanol–water partition coefficient (Wildman–Crippen LogP) is -0.187. The normalized spacial score (nSPS) is 24.2. The van der Waals surface area contributed by atoms with E-state index in [1.807, 2.05) is 4.90 Å². The Morgan fingerprint density at radius 3 is 2.85 bits per heavy atom. The lowest BCUT2D eigenvalue weighted by Gasteiger charge is -2.34. The van der Waals surface area contributed by atoms with Crippen LogP contribution in [0.15, 0.2) is 28.0 Å². The number of nitrogens with zero attached hydrogens (tertiary/aromatic N) is 1. The van der Waals surface area contributed by atoms with Crippen molar-refractivity contribution in [3.05, 3.63) is 18.2 Å². The number of sulfonamides is 2. The van der Waals surface area contributed by atoms with Crippen molar-refractivity contribution in [3.63, 3.8) is 0 Å². The van der Waals surface area contributed by atoms with E-state index in [0.717, 1.165) is 19.4 Å². The van der Waals surface area contributed by atoms with Crippen molar-refractivity contribution in [1.82, 2.24) is 9.44 Å². The molecule has 3 rings (SSSR count). The maximum absolute atomic E-state index is 12.2. The molecule has 0 bridgehead atoms. The summed E-state index contributed by atoms with van der Waals surface area (Å²) in [5.74, 6) is 0. The Labute approximate surface area is 118 Å². The summed E-state index contributed by atoms with van der Waals surface area (Å²) in [4.78, 5) is 1.93. The van der Waals surface area contributed by atoms with Crippen molar-refractivity contribution in [3.8, 4) is 0 Å². The molecule has 0 spiro atoms. The number of benzene rings is 1. The molecule has 2 aliphatic rings. The van der Waals surface area contributed by atoms with Gasteiger partial charge in [-0.1, -0.05) is 0 Å². The third-order valence-corrected chi connectivity index (χ3v) is 6.55. The van der Waals surface area contributed by atoms with Crippen LogP contribution in [0.4, 0.5) is 5.69 Å². The van der Waals surface area contributed by atoms with E-state index in [1.54, 1.807) is 6.07 Å². The first-order valence-corrected chi connectivity index (χ1v) is 9.18. The second kappa shape index (κ2) is 4.42. The van der Waals surface area contributed by atoms with Gasteiger partial charge < -0.3 is 4.90 Å². The van der Waals surface area contributed by atoms with Crippen LogP contribution in [0.2, 0.25) is 0 Å². The molecule has 2 N–H and O–H groups in total. The smallest absolute Gasteiger partial charge is 0.244 e. The maximum atomic E-state index is 12.2. The average molecular weight is 317 g/mol. The van der Waals surface area contributed by atoms with Crippen LogP contribution in [0.5, 0.6) is 0 Å². The van der Waals surface area contributed by atoms with E-state index in [4.69, 9.17) is 0 Å². The molecule has 2 aliphatic heterocycles. The molecule has 110 valence electrons. The third-order valence-electron chi connectivity index (χ3n) is 3.65. The lowest BCUT2D eigenvalue weighted by atomic mass is 10.3. The Morgan fingerprint density at radius 2 is 2.15 bits per heavy atom. The maximum Gasteiger partial charge on any atom is 0.244 e. The van der Waals surface area contributed by atoms with Gasteiger partial charge in [-0.05, 0) is 38.1 Å². The molecule has 0 amide bonds. The summed E-state index contributed by atoms with van der Waals surface area (Å²) in [6, 6.07) is 4.20. The second-order valence-electron chi connectivity index (χ2n) is 4.81. The molecule has 1 aromatic carbocycles. The molecule has 0 saturated carbocycles. The van der Waals surface area contributed by atoms with Gasteiger partial charge in [0, 0.05) is 6.54 Å². The van der Waals surface area contributed by atoms with Gasteiger partial charge in [-0.15, -0.1) is 0 Å². The van der Waals surface area contributed by atoms with Crippen molar-refractivity contribution >= 4 is 25.7 Å². The Hall–Kier alpha value is -1.16. The van der Waals surface area contributed by atoms with Gasteiger partial charge in [0.25, 0.3) is 0 Å². The summed E-state index contributed by atoms with van der Waals surface area (Å²) in [6.07, 6.45) is 1.44. The van der Waals surface area contributed by atoms with E-state index in [-0.39, 0.29) is 16.0 Å². The summed E-state index contributed by atoms with van der Waals surface area (Å²) in [7, 11) is -6.05. The number of nitrogens with one attached hydrogen (secondary N) is 2. The van der Waals surface area contributed by atoms with Gasteiger partial charge in [0.2, 0.25) is 20.0 Å². The largest absolute Gasteiger partial charge is 0.354 e. The first-order chi connectivity index (χ1) is 9.35. The summed E-state index contributed by atoms with van der Waals surface area (Å²) in [6.45, 7) is 0.762. The minimum Gasteiger partial charge on any atom is -0.354 e. The van der Waals surface area contributed by atoms with Crippen LogP contribution in [-0.2, 0) is 20.0 Å². The van der Waals surface area contributed by atoms with Crippen LogP contribution in [0.3, 0.4) is 0 Å². The van der Waals surface area contributed by atoms with E-state index in [0.29, 0.717) is 5.69 Å². The van der Waals surface area contributed by atoms with Crippen molar-refractivity contribution in [2.75, 3.05) is 18.5 Å². The number of hydrogen-bond acceptors (Lipinski definition) is 5. The molecule has 0 aliphatic carbocycles. The zero-order chi connectivity index (χ0) is 14.5. The molecular formula is C11H15N3O4S2. The second-order valence-corrected chi connectivity index (χ2v) is 8.38. The van der Waals surface area contributed by atoms with Crippen LogP contribution < -0.4 is 14.3 Å². The van der Waals surface area contributed by atoms with Gasteiger partial charge in [0.1, 0.15) is 4.90 Å². The molecule has 0 aromatic heterocycles. The molecule has 1 saturated heterocycles. The highest BCUT2D eigenvalue weighted by Crippen LogP contribution is 2.36. The molecule has 0 radical (unpaired) electrons. The van der Waals surface area contributed by atoms with E-state index in [2.05, 4.69) is 9.44 Å². The monoisotopic (exact) mass is 317 g/mol. The van der Waals surface area contributed by atoms with Crippen molar-refractivity contribution in [2.24, 2.45) is 0 Å². The average Bonchev–Trinajstić information content (AvgIpc) is 2.85. The molecule has 1 fully saturated rings. The Bertz CT molecular complexity index is 758. The van der Waals surface area contributed by atoms with Crippen LogP contribution in [0.1, 0.15) is 12.8 Å². The molecule has 2 heterocycles. The highest BCUT2D eigenvalue weighted by molar-refractivity contribution is 7.90. The number of rotatable bonds is 2. The molecule has 1 atom stereocenters. The lowest BCUT2D eigenvalue weighted by molar-refractivity contribution is 0.539. The zero-order valence-electron chi connectivity index (χ0n) is 10.8. The molecule has 1 unspecified atom stereocenters. The quantitative estimate of drug-likeness (QED) is 0.788. The van der Waals surface area contributed by atoms with Crippen molar-refractivity contribution < 1.29 is 16.8 Å². The van der Waals surface area contributed by atoms with E-state index in [1.165, 1.54) is 19.2 Å². The standard InChI is InChI=1S/C11H15N3O4S2/c1-12-19(15,16)8-4-5-9-10(7-8)20(17,18)13-11-3-2-6-14(9)11/h4-5,7,11-13H,2-3,6H2,1H3. The predicted molar refractivity (Wildman–Crippen MR) is 73.4 cm³/mol. The molecule has 20 heavy (non-hydrogen) atoms. The molecule has 1 aromatic rings. The number of anilines is 1. The first kappa shape index (κ1) is 13.8. The summed E-state index contributed by atoms with van der Waals surface area (Å²) < 4.78 is 52.8. The fourth-order valence-electron chi connectivity index (χ4n) is 2.65. The van der Waals surface area contributed by atoms with Crippen LogP contribution in [-0.4, -0.2) is 36.6 Å². The van der Waals surface area contributed by atoms with Gasteiger partial charge in [0.05, 0.1) is 16.7 Å². The SMILES string of the molecule is CNS(=O)(=O)c1ccc2c(c1)S(=O)(=O)NC1CCCN21. The van der Waals surface area contributed by atoms with Crippen molar-refractivity contribution in [2.45, 2.75) is 28.8 Å². The van der Waals surface area contributed by atoms with Crippen LogP contribution in [0, 0.1) is 0 Å². The molecular weight excluding hydrogens is 302 g/mol. The minimum atomic E-state index is -3.67. The highest BCUT2D eigenvalue weighted by atomic mass is 32.2. The van der Waals surface area contributed by atoms with E-state index >= 15 is 0 Å². The fraction of sp³-hybridized carbons (Fsp3) is 0.455. The van der Waals surface area contributed by atoms with Gasteiger partial charge in [-0.3, -0.25) is 0 Å². The van der Waals surface area contributed by atoms with Gasteiger partial charge >= 0.3 is 0 Å². The van der Waals surface area contributed by atoms with Gasteiger partial charge in [0.15, 0.2) is 0 Å². The minimum absolute atomic E-state index is 0.0203. The Morgan fingerprint density at radius 1 is 1.40 bits per heavy atom. The fourth-order valence-corrected chi connectivity index (χ4v) is 4.96. The van der Waals surface area contributed by atoms with Crippen LogP contribution in [0.25, 0.3) is 0 Å². The number of hydrogen-bond donors (Lipinski definition) is 2. The molecule has 9 heteroatoms. The van der Waals surface area contributed by atoms with E-state index in [9.17, 15) is 16.8 Å². The van der Waals surface area contributed by atoms with Gasteiger partial charge in [-0.2, -0.15) is 4.72 Å². The third kappa shape index (κ3) is 2.01. The Balaban J connectivity index is 2.20. The van der Waals surface area contributed by atoms with E-state index < -0.39 is 20.0 Å². The highest BCUT2D eigenvalue weighted by Gasteiger charge is 2.38. The summed E-state index contributed by atoms with van der Waals surface area (Å²) >= 11 is 0. The lowest BCUT2D eigenvalue weighted by Crippen LogP contribution is -2.48. The first-order valence-electron chi connectivity index (χ1n) is 6.22. The van der Waals surface area contributed by atoms with Crippen LogP contribution >= 0.6 is 0 Å². The van der Waals surface area contributed by atoms with Crippen molar-refractivity contribution in [1.29, 1.82) is 0 Å². The molecule has 7 nitrogen and oxygen atoms in total. The summed E-state index contributed by atoms with van der Waals surface area (Å²) in [5.41, 5.74) is 0.571. The number of fused-ring (bicyclic) bond motifs is 3. The zero-order valence-corrected chi connectivity index (χ0v) is 12.5. The summed E-state index contributed by atoms with van der Waals surface area (Å²) in [5, 5.41) is 0. The van der Waals surface area contributed by atoms with Gasteiger partial charge in [-0.25, -0.2) is 21.6 Å². The topological polar surface area (TPSA) is 95.6 Å².